The molecule has 0 radical (unpaired) electrons. The number of epoxide rings is 1. The van der Waals surface area contributed by atoms with Crippen molar-refractivity contribution in [2.75, 3.05) is 20.7 Å². The molecule has 3 saturated heterocycles. The molecule has 2 bridgehead atoms. The number of carbonyl (C=O) groups excluding carboxylic acids is 2. The van der Waals surface area contributed by atoms with Crippen molar-refractivity contribution in [1.29, 1.82) is 0 Å². The Kier molecular flexibility index (Phi) is 4.72. The van der Waals surface area contributed by atoms with Gasteiger partial charge in [-0.05, 0) is 12.5 Å². The van der Waals surface area contributed by atoms with E-state index in [1.165, 1.54) is 0 Å². The first kappa shape index (κ1) is 18.4. The van der Waals surface area contributed by atoms with Gasteiger partial charge in [-0.15, -0.1) is 0 Å². The molecule has 3 aliphatic rings. The summed E-state index contributed by atoms with van der Waals surface area (Å²) in [5.74, 6) is -1.34. The van der Waals surface area contributed by atoms with Crippen LogP contribution in [0.5, 0.6) is 0 Å². The van der Waals surface area contributed by atoms with E-state index in [2.05, 4.69) is 14.1 Å². The highest BCUT2D eigenvalue weighted by Gasteiger charge is 2.70. The molecule has 4 rings (SSSR count). The summed E-state index contributed by atoms with van der Waals surface area (Å²) in [7, 11) is 4.49. The molecule has 1 aromatic rings. The van der Waals surface area contributed by atoms with Crippen LogP contribution in [-0.4, -0.2) is 67.5 Å². The third kappa shape index (κ3) is 3.36. The highest BCUT2D eigenvalue weighted by Crippen LogP contribution is 2.51. The summed E-state index contributed by atoms with van der Waals surface area (Å²) in [4.78, 5) is 25.0. The number of hydrogen-bond acceptors (Lipinski definition) is 5. The zero-order chi connectivity index (χ0) is 19.2. The van der Waals surface area contributed by atoms with Gasteiger partial charge in [-0.3, -0.25) is 9.59 Å². The number of likely N-dealkylation sites (N-methyl/N-ethyl adjacent to an activating group) is 1. The van der Waals surface area contributed by atoms with E-state index in [0.29, 0.717) is 30.9 Å². The molecule has 3 aliphatic heterocycles. The van der Waals surface area contributed by atoms with Crippen LogP contribution < -0.4 is 0 Å². The van der Waals surface area contributed by atoms with Gasteiger partial charge in [0, 0.05) is 12.8 Å². The van der Waals surface area contributed by atoms with Gasteiger partial charge in [0.15, 0.2) is 0 Å². The number of benzene rings is 1. The van der Waals surface area contributed by atoms with Gasteiger partial charge in [0.25, 0.3) is 0 Å². The monoisotopic (exact) mass is 374 g/mol. The van der Waals surface area contributed by atoms with E-state index in [4.69, 9.17) is 14.2 Å². The van der Waals surface area contributed by atoms with Gasteiger partial charge in [-0.1, -0.05) is 30.3 Å². The van der Waals surface area contributed by atoms with Crippen LogP contribution in [0.1, 0.15) is 37.7 Å². The van der Waals surface area contributed by atoms with Crippen molar-refractivity contribution in [3.05, 3.63) is 35.9 Å². The molecule has 0 amide bonds. The molecule has 27 heavy (non-hydrogen) atoms. The van der Waals surface area contributed by atoms with Crippen LogP contribution in [0.4, 0.5) is 0 Å². The van der Waals surface area contributed by atoms with Gasteiger partial charge >= 0.3 is 11.9 Å². The Morgan fingerprint density at radius 3 is 2.37 bits per heavy atom. The molecule has 0 spiro atoms. The second-order valence-electron chi connectivity index (χ2n) is 8.33. The minimum Gasteiger partial charge on any atom is -0.466 e. The van der Waals surface area contributed by atoms with E-state index in [1.807, 2.05) is 30.3 Å². The summed E-state index contributed by atoms with van der Waals surface area (Å²) >= 11 is 0. The average molecular weight is 374 g/mol. The normalized spacial score (nSPS) is 33.7. The number of nitrogens with zero attached hydrogens (tertiary/aromatic N) is 1. The second kappa shape index (κ2) is 6.91. The van der Waals surface area contributed by atoms with Crippen LogP contribution in [0.15, 0.2) is 30.3 Å². The first-order chi connectivity index (χ1) is 12.9. The van der Waals surface area contributed by atoms with Gasteiger partial charge in [-0.25, -0.2) is 0 Å². The maximum Gasteiger partial charge on any atom is 0.314 e. The fourth-order valence-corrected chi connectivity index (χ4v) is 4.96. The number of morpholine rings is 1. The number of quaternary nitrogens is 1. The van der Waals surface area contributed by atoms with E-state index < -0.39 is 5.92 Å². The minimum absolute atomic E-state index is 0.00613. The van der Waals surface area contributed by atoms with Crippen molar-refractivity contribution >= 4 is 11.9 Å². The summed E-state index contributed by atoms with van der Waals surface area (Å²) in [5.41, 5.74) is 0.789. The predicted molar refractivity (Wildman–Crippen MR) is 97.9 cm³/mol. The number of fused-ring (bicyclic) bond motifs is 5. The standard InChI is InChI=1S/C21H28NO5/c1-4-25-18(23)12-15(13-8-6-5-7-9-13)21(24)26-14-10-16-19-20(27-19)17(11-14)22(16,2)3/h5-9,14-17,19-20H,4,10-12H2,1-3H3/q+1/t14?,15-,16-,17+,19-,20+/m0/s1. The van der Waals surface area contributed by atoms with Crippen LogP contribution in [-0.2, 0) is 23.8 Å². The quantitative estimate of drug-likeness (QED) is 0.433. The van der Waals surface area contributed by atoms with Gasteiger partial charge in [0.1, 0.15) is 30.4 Å². The Labute approximate surface area is 160 Å². The van der Waals surface area contributed by atoms with E-state index in [-0.39, 0.29) is 24.5 Å². The van der Waals surface area contributed by atoms with Crippen LogP contribution in [0.3, 0.4) is 0 Å². The number of carbonyl (C=O) groups is 2. The fourth-order valence-electron chi connectivity index (χ4n) is 4.96. The first-order valence-corrected chi connectivity index (χ1v) is 9.81. The Morgan fingerprint density at radius 1 is 1.15 bits per heavy atom. The summed E-state index contributed by atoms with van der Waals surface area (Å²) in [6.45, 7) is 2.07. The molecular weight excluding hydrogens is 346 g/mol. The van der Waals surface area contributed by atoms with Crippen LogP contribution >= 0.6 is 0 Å². The van der Waals surface area contributed by atoms with Gasteiger partial charge in [0.2, 0.25) is 0 Å². The smallest absolute Gasteiger partial charge is 0.314 e. The minimum atomic E-state index is -0.627. The first-order valence-electron chi connectivity index (χ1n) is 9.81. The molecule has 1 unspecified atom stereocenters. The molecule has 0 saturated carbocycles. The Balaban J connectivity index is 1.45. The lowest BCUT2D eigenvalue weighted by Gasteiger charge is -2.45. The van der Waals surface area contributed by atoms with Crippen molar-refractivity contribution in [3.8, 4) is 0 Å². The fraction of sp³-hybridized carbons (Fsp3) is 0.619. The highest BCUT2D eigenvalue weighted by atomic mass is 16.6. The molecule has 6 nitrogen and oxygen atoms in total. The van der Waals surface area contributed by atoms with Gasteiger partial charge in [0.05, 0.1) is 33.0 Å². The third-order valence-electron chi connectivity index (χ3n) is 6.48. The van der Waals surface area contributed by atoms with E-state index >= 15 is 0 Å². The van der Waals surface area contributed by atoms with Crippen molar-refractivity contribution in [1.82, 2.24) is 0 Å². The Hall–Kier alpha value is -1.92. The van der Waals surface area contributed by atoms with Crippen molar-refractivity contribution < 1.29 is 28.3 Å². The molecular formula is C21H28NO5+. The average Bonchev–Trinajstić information content (AvgIpc) is 3.39. The molecule has 3 heterocycles. The zero-order valence-corrected chi connectivity index (χ0v) is 16.2. The summed E-state index contributed by atoms with van der Waals surface area (Å²) in [6.07, 6.45) is 2.17. The van der Waals surface area contributed by atoms with Gasteiger partial charge in [-0.2, -0.15) is 0 Å². The molecule has 0 aliphatic carbocycles. The molecule has 0 N–H and O–H groups in total. The maximum absolute atomic E-state index is 13.0. The topological polar surface area (TPSA) is 65.1 Å². The molecule has 0 aromatic heterocycles. The Morgan fingerprint density at radius 2 is 1.78 bits per heavy atom. The number of ether oxygens (including phenoxy) is 3. The zero-order valence-electron chi connectivity index (χ0n) is 16.2. The molecule has 1 aromatic carbocycles. The lowest BCUT2D eigenvalue weighted by molar-refractivity contribution is -0.938. The SMILES string of the molecule is CCOC(=O)C[C@H](C(=O)OC1C[C@@H]2[C@H]3O[C@H]3[C@H](C1)[N+]2(C)C)c1ccccc1. The van der Waals surface area contributed by atoms with Crippen LogP contribution in [0, 0.1) is 0 Å². The second-order valence-corrected chi connectivity index (χ2v) is 8.33. The molecule has 6 atom stereocenters. The largest absolute Gasteiger partial charge is 0.466 e. The molecule has 3 fully saturated rings. The van der Waals surface area contributed by atoms with E-state index in [1.54, 1.807) is 6.92 Å². The third-order valence-corrected chi connectivity index (χ3v) is 6.48. The number of esters is 2. The number of rotatable bonds is 6. The van der Waals surface area contributed by atoms with Crippen molar-refractivity contribution in [2.24, 2.45) is 0 Å². The summed E-state index contributed by atoms with van der Waals surface area (Å²) < 4.78 is 17.7. The number of hydrogen-bond donors (Lipinski definition) is 0. The van der Waals surface area contributed by atoms with Crippen molar-refractivity contribution in [3.63, 3.8) is 0 Å². The van der Waals surface area contributed by atoms with E-state index in [9.17, 15) is 9.59 Å². The van der Waals surface area contributed by atoms with Crippen molar-refractivity contribution in [2.45, 2.75) is 62.5 Å². The number of piperidine rings is 1. The molecule has 146 valence electrons. The van der Waals surface area contributed by atoms with Crippen LogP contribution in [0.25, 0.3) is 0 Å². The van der Waals surface area contributed by atoms with Crippen LogP contribution in [0.2, 0.25) is 0 Å². The van der Waals surface area contributed by atoms with E-state index in [0.717, 1.165) is 22.9 Å². The maximum atomic E-state index is 13.0. The summed E-state index contributed by atoms with van der Waals surface area (Å²) in [6, 6.07) is 10.1. The summed E-state index contributed by atoms with van der Waals surface area (Å²) in [5, 5.41) is 0. The lowest BCUT2D eigenvalue weighted by Crippen LogP contribution is -2.60. The van der Waals surface area contributed by atoms with Gasteiger partial charge < -0.3 is 18.7 Å². The lowest BCUT2D eigenvalue weighted by atomic mass is 9.94. The Bertz CT molecular complexity index is 699. The predicted octanol–water partition coefficient (Wildman–Crippen LogP) is 2.02. The molecule has 6 heteroatoms. The highest BCUT2D eigenvalue weighted by molar-refractivity contribution is 5.84.